The second-order valence-electron chi connectivity index (χ2n) is 6.22. The van der Waals surface area contributed by atoms with E-state index in [9.17, 15) is 10.0 Å². The topological polar surface area (TPSA) is 83.3 Å². The third-order valence-corrected chi connectivity index (χ3v) is 4.26. The van der Waals surface area contributed by atoms with Gasteiger partial charge in [-0.3, -0.25) is 0 Å². The summed E-state index contributed by atoms with van der Waals surface area (Å²) in [6.07, 6.45) is 2.71. The van der Waals surface area contributed by atoms with Gasteiger partial charge in [-0.15, -0.1) is 6.58 Å². The fraction of sp³-hybridized carbons (Fsp3) is 0.786. The van der Waals surface area contributed by atoms with Crippen LogP contribution in [-0.2, 0) is 9.31 Å². The maximum Gasteiger partial charge on any atom is 0.551 e. The molecule has 2 unspecified atom stereocenters. The molecule has 0 saturated carbocycles. The molecule has 3 N–H and O–H groups in total. The van der Waals surface area contributed by atoms with Crippen LogP contribution in [0.3, 0.4) is 0 Å². The molecule has 2 atom stereocenters. The summed E-state index contributed by atoms with van der Waals surface area (Å²) in [6.45, 7) is 14.6. The van der Waals surface area contributed by atoms with Crippen LogP contribution in [0.15, 0.2) is 17.0 Å². The molecule has 9 heteroatoms. The van der Waals surface area contributed by atoms with E-state index < -0.39 is 32.2 Å². The lowest BCUT2D eigenvalue weighted by Crippen LogP contribution is -2.59. The van der Waals surface area contributed by atoms with Gasteiger partial charge in [0.2, 0.25) is 0 Å². The van der Waals surface area contributed by atoms with Crippen molar-refractivity contribution in [3.8, 4) is 0 Å². The van der Waals surface area contributed by atoms with E-state index in [0.29, 0.717) is 12.8 Å². The fourth-order valence-corrected chi connectivity index (χ4v) is 2.29. The quantitative estimate of drug-likeness (QED) is 0.394. The Bertz CT molecular complexity index is 413. The molecule has 0 aromatic heterocycles. The van der Waals surface area contributed by atoms with Crippen LogP contribution >= 0.6 is 0 Å². The molecule has 130 valence electrons. The van der Waals surface area contributed by atoms with Gasteiger partial charge in [-0.1, -0.05) is 19.3 Å². The largest absolute Gasteiger partial charge is 0.551 e. The van der Waals surface area contributed by atoms with E-state index in [1.54, 1.807) is 20.2 Å². The molecule has 0 radical (unpaired) electrons. The van der Waals surface area contributed by atoms with E-state index in [1.807, 2.05) is 34.6 Å². The molecule has 0 aromatic carbocycles. The van der Waals surface area contributed by atoms with E-state index in [1.165, 1.54) is 0 Å². The Morgan fingerprint density at radius 3 is 2.09 bits per heavy atom. The first-order chi connectivity index (χ1) is 10.6. The lowest BCUT2D eigenvalue weighted by Gasteiger charge is -2.41. The summed E-state index contributed by atoms with van der Waals surface area (Å²) in [6, 6.07) is 0. The average molecular weight is 324 g/mol. The van der Waals surface area contributed by atoms with Gasteiger partial charge in [0.05, 0.1) is 11.0 Å². The van der Waals surface area contributed by atoms with Crippen LogP contribution in [0.4, 0.5) is 0 Å². The zero-order chi connectivity index (χ0) is 18.3. The minimum absolute atomic E-state index is 0.512. The molecule has 23 heavy (non-hydrogen) atoms. The molecule has 0 aliphatic heterocycles. The van der Waals surface area contributed by atoms with Gasteiger partial charge >= 0.3 is 21.2 Å². The normalized spacial score (nSPS) is 16.7. The predicted octanol–water partition coefficient (Wildman–Crippen LogP) is 1.31. The van der Waals surface area contributed by atoms with Gasteiger partial charge in [0.15, 0.2) is 0 Å². The highest BCUT2D eigenvalue weighted by molar-refractivity contribution is 6.65. The predicted molar refractivity (Wildman–Crippen MR) is 99.3 cm³/mol. The van der Waals surface area contributed by atoms with Crippen LogP contribution in [0.25, 0.3) is 0 Å². The average Bonchev–Trinajstić information content (AvgIpc) is 2.51. The SMILES string of the molecule is C=C(C)B(OC(C)(CC)B(O)/N=C/C)C(C)(CC)OB(O)NC. The minimum Gasteiger partial charge on any atom is -0.430 e. The van der Waals surface area contributed by atoms with Gasteiger partial charge in [-0.25, -0.2) is 0 Å². The second kappa shape index (κ2) is 9.64. The van der Waals surface area contributed by atoms with Gasteiger partial charge in [-0.2, -0.15) is 0 Å². The van der Waals surface area contributed by atoms with Gasteiger partial charge in [-0.05, 0) is 53.8 Å². The summed E-state index contributed by atoms with van der Waals surface area (Å²) < 4.78 is 12.0. The molecule has 0 heterocycles. The molecule has 0 saturated heterocycles. The van der Waals surface area contributed by atoms with E-state index in [2.05, 4.69) is 16.7 Å². The van der Waals surface area contributed by atoms with E-state index in [-0.39, 0.29) is 0 Å². The number of nitrogens with zero attached hydrogens (tertiary/aromatic N) is 1. The Hall–Kier alpha value is -0.595. The summed E-state index contributed by atoms with van der Waals surface area (Å²) in [4.78, 5) is 4.04. The van der Waals surface area contributed by atoms with E-state index in [0.717, 1.165) is 5.47 Å². The first-order valence-electron chi connectivity index (χ1n) is 8.12. The van der Waals surface area contributed by atoms with Crippen LogP contribution in [0.2, 0.25) is 0 Å². The first-order valence-corrected chi connectivity index (χ1v) is 8.12. The highest BCUT2D eigenvalue weighted by atomic mass is 16.6. The highest BCUT2D eigenvalue weighted by Gasteiger charge is 2.48. The molecule has 0 fully saturated rings. The molecular formula is C14H31B3N2O4. The van der Waals surface area contributed by atoms with Gasteiger partial charge in [0.1, 0.15) is 0 Å². The Morgan fingerprint density at radius 2 is 1.74 bits per heavy atom. The van der Waals surface area contributed by atoms with Gasteiger partial charge < -0.3 is 29.5 Å². The molecule has 0 bridgehead atoms. The molecule has 0 aromatic rings. The lowest BCUT2D eigenvalue weighted by molar-refractivity contribution is 0.0737. The summed E-state index contributed by atoms with van der Waals surface area (Å²) >= 11 is 0. The van der Waals surface area contributed by atoms with E-state index >= 15 is 0 Å². The molecule has 0 spiro atoms. The van der Waals surface area contributed by atoms with Crippen molar-refractivity contribution in [2.24, 2.45) is 4.90 Å². The van der Waals surface area contributed by atoms with Gasteiger partial charge in [0.25, 0.3) is 0 Å². The van der Waals surface area contributed by atoms with E-state index in [4.69, 9.17) is 9.31 Å². The summed E-state index contributed by atoms with van der Waals surface area (Å²) in [7, 11) is -0.501. The number of hydrogen-bond acceptors (Lipinski definition) is 6. The summed E-state index contributed by atoms with van der Waals surface area (Å²) in [5.74, 6) is 0. The molecule has 0 amide bonds. The number of nitrogens with one attached hydrogen (secondary N) is 1. The van der Waals surface area contributed by atoms with Crippen LogP contribution in [0, 0.1) is 0 Å². The van der Waals surface area contributed by atoms with Crippen molar-refractivity contribution in [2.45, 2.75) is 65.4 Å². The van der Waals surface area contributed by atoms with Crippen molar-refractivity contribution in [3.63, 3.8) is 0 Å². The number of allylic oxidation sites excluding steroid dienone is 1. The maximum atomic E-state index is 10.3. The Kier molecular flexibility index (Phi) is 9.39. The smallest absolute Gasteiger partial charge is 0.430 e. The monoisotopic (exact) mass is 324 g/mol. The Labute approximate surface area is 142 Å². The van der Waals surface area contributed by atoms with Crippen molar-refractivity contribution < 1.29 is 19.4 Å². The highest BCUT2D eigenvalue weighted by Crippen LogP contribution is 2.30. The summed E-state index contributed by atoms with van der Waals surface area (Å²) in [5, 5.41) is 22.8. The third-order valence-electron chi connectivity index (χ3n) is 4.26. The second-order valence-corrected chi connectivity index (χ2v) is 6.22. The van der Waals surface area contributed by atoms with Crippen LogP contribution in [0.1, 0.15) is 54.4 Å². The lowest BCUT2D eigenvalue weighted by atomic mass is 9.45. The van der Waals surface area contributed by atoms with Crippen molar-refractivity contribution in [1.29, 1.82) is 0 Å². The fourth-order valence-electron chi connectivity index (χ4n) is 2.29. The van der Waals surface area contributed by atoms with Crippen LogP contribution in [0.5, 0.6) is 0 Å². The van der Waals surface area contributed by atoms with Crippen molar-refractivity contribution in [2.75, 3.05) is 7.05 Å². The standard InChI is InChI=1S/C14H31B3N2O4/c1-9-13(6,23-17(21)18-8)15(12(4)5)22-14(7,10-2)16(20)19-11-3/h11,18,20-21H,4,9-10H2,1-3,5-8H3/b19-11+. The van der Waals surface area contributed by atoms with Crippen LogP contribution < -0.4 is 5.23 Å². The minimum atomic E-state index is -1.11. The maximum absolute atomic E-state index is 10.3. The molecular weight excluding hydrogens is 293 g/mol. The van der Waals surface area contributed by atoms with Crippen molar-refractivity contribution in [3.05, 3.63) is 12.1 Å². The Balaban J connectivity index is 5.56. The molecule has 0 aliphatic rings. The molecule has 6 nitrogen and oxygen atoms in total. The van der Waals surface area contributed by atoms with Crippen molar-refractivity contribution in [1.82, 2.24) is 5.23 Å². The van der Waals surface area contributed by atoms with Gasteiger partial charge in [0, 0.05) is 0 Å². The molecule has 0 aliphatic carbocycles. The van der Waals surface area contributed by atoms with Crippen LogP contribution in [-0.4, -0.2) is 55.5 Å². The zero-order valence-electron chi connectivity index (χ0n) is 15.6. The Morgan fingerprint density at radius 1 is 1.22 bits per heavy atom. The summed E-state index contributed by atoms with van der Waals surface area (Å²) in [5.41, 5.74) is -0.939. The third kappa shape index (κ3) is 6.08. The number of rotatable bonds is 11. The number of hydrogen-bond donors (Lipinski definition) is 3. The molecule has 0 rings (SSSR count). The first kappa shape index (κ1) is 22.4. The van der Waals surface area contributed by atoms with Crippen molar-refractivity contribution >= 4 is 27.4 Å². The zero-order valence-corrected chi connectivity index (χ0v) is 15.6.